The van der Waals surface area contributed by atoms with Gasteiger partial charge in [-0.05, 0) is 18.9 Å². The highest BCUT2D eigenvalue weighted by atomic mass is 19.2. The molecule has 0 unspecified atom stereocenters. The summed E-state index contributed by atoms with van der Waals surface area (Å²) in [5, 5.41) is 11.7. The molecule has 0 aliphatic heterocycles. The first-order chi connectivity index (χ1) is 9.61. The van der Waals surface area contributed by atoms with Crippen molar-refractivity contribution in [1.82, 2.24) is 4.90 Å². The number of hydrogen-bond acceptors (Lipinski definition) is 3. The average Bonchev–Trinajstić information content (AvgIpc) is 2.96. The smallest absolute Gasteiger partial charge is 0.163 e. The van der Waals surface area contributed by atoms with Crippen LogP contribution in [0.2, 0.25) is 0 Å². The molecule has 20 heavy (non-hydrogen) atoms. The zero-order chi connectivity index (χ0) is 14.5. The van der Waals surface area contributed by atoms with Crippen LogP contribution in [0.15, 0.2) is 23.4 Å². The normalized spacial score (nSPS) is 17.1. The number of halogens is 2. The number of nitrogens with two attached hydrogens (primary N) is 1. The van der Waals surface area contributed by atoms with Crippen molar-refractivity contribution in [2.45, 2.75) is 38.3 Å². The summed E-state index contributed by atoms with van der Waals surface area (Å²) in [5.41, 5.74) is 5.85. The van der Waals surface area contributed by atoms with Gasteiger partial charge < -0.3 is 10.9 Å². The molecule has 3 N–H and O–H groups in total. The lowest BCUT2D eigenvalue weighted by molar-refractivity contribution is 0.210. The van der Waals surface area contributed by atoms with Gasteiger partial charge in [-0.1, -0.05) is 30.1 Å². The van der Waals surface area contributed by atoms with Gasteiger partial charge in [-0.15, -0.1) is 0 Å². The third-order valence-electron chi connectivity index (χ3n) is 3.74. The van der Waals surface area contributed by atoms with E-state index in [1.54, 1.807) is 6.07 Å². The molecule has 0 heterocycles. The summed E-state index contributed by atoms with van der Waals surface area (Å²) >= 11 is 0. The van der Waals surface area contributed by atoms with Crippen molar-refractivity contribution < 1.29 is 14.0 Å². The monoisotopic (exact) mass is 283 g/mol. The molecule has 0 bridgehead atoms. The first kappa shape index (κ1) is 14.7. The molecule has 0 amide bonds. The van der Waals surface area contributed by atoms with Crippen LogP contribution in [0.25, 0.3) is 0 Å². The molecular formula is C14H19F2N3O. The number of benzene rings is 1. The van der Waals surface area contributed by atoms with Crippen molar-refractivity contribution >= 4 is 5.84 Å². The number of amidine groups is 1. The number of hydrogen-bond donors (Lipinski definition) is 2. The van der Waals surface area contributed by atoms with Crippen molar-refractivity contribution in [3.63, 3.8) is 0 Å². The molecule has 0 atom stereocenters. The number of nitrogens with zero attached hydrogens (tertiary/aromatic N) is 2. The highest BCUT2D eigenvalue weighted by Gasteiger charge is 2.24. The fourth-order valence-corrected chi connectivity index (χ4v) is 2.71. The van der Waals surface area contributed by atoms with Gasteiger partial charge in [0.2, 0.25) is 0 Å². The van der Waals surface area contributed by atoms with Gasteiger partial charge in [0.15, 0.2) is 17.5 Å². The Labute approximate surface area is 116 Å². The van der Waals surface area contributed by atoms with Crippen molar-refractivity contribution in [2.75, 3.05) is 6.54 Å². The second kappa shape index (κ2) is 6.65. The van der Waals surface area contributed by atoms with Crippen molar-refractivity contribution in [2.24, 2.45) is 10.9 Å². The van der Waals surface area contributed by atoms with E-state index in [2.05, 4.69) is 5.16 Å². The van der Waals surface area contributed by atoms with Crippen LogP contribution >= 0.6 is 0 Å². The van der Waals surface area contributed by atoms with Crippen LogP contribution in [-0.2, 0) is 6.54 Å². The molecule has 6 heteroatoms. The Bertz CT molecular complexity index is 487. The molecule has 1 aliphatic rings. The molecule has 110 valence electrons. The maximum absolute atomic E-state index is 13.8. The molecule has 1 saturated carbocycles. The molecule has 1 aromatic rings. The second-order valence-corrected chi connectivity index (χ2v) is 5.15. The zero-order valence-corrected chi connectivity index (χ0v) is 11.2. The topological polar surface area (TPSA) is 61.8 Å². The quantitative estimate of drug-likeness (QED) is 0.378. The van der Waals surface area contributed by atoms with E-state index >= 15 is 0 Å². The summed E-state index contributed by atoms with van der Waals surface area (Å²) in [6, 6.07) is 4.41. The van der Waals surface area contributed by atoms with E-state index < -0.39 is 11.6 Å². The summed E-state index contributed by atoms with van der Waals surface area (Å²) in [6.45, 7) is 0.502. The summed E-state index contributed by atoms with van der Waals surface area (Å²) in [4.78, 5) is 1.94. The lowest BCUT2D eigenvalue weighted by Gasteiger charge is -2.28. The van der Waals surface area contributed by atoms with Crippen LogP contribution in [0, 0.1) is 11.6 Å². The predicted octanol–water partition coefficient (Wildman–Crippen LogP) is 2.46. The Morgan fingerprint density at radius 3 is 2.70 bits per heavy atom. The van der Waals surface area contributed by atoms with Gasteiger partial charge in [-0.3, -0.25) is 4.90 Å². The lowest BCUT2D eigenvalue weighted by Crippen LogP contribution is -2.39. The molecule has 0 spiro atoms. The van der Waals surface area contributed by atoms with E-state index in [1.165, 1.54) is 6.07 Å². The van der Waals surface area contributed by atoms with Gasteiger partial charge in [0.05, 0.1) is 6.54 Å². The van der Waals surface area contributed by atoms with Crippen LogP contribution < -0.4 is 5.73 Å². The molecule has 0 saturated heterocycles. The van der Waals surface area contributed by atoms with Gasteiger partial charge in [-0.2, -0.15) is 0 Å². The van der Waals surface area contributed by atoms with E-state index in [0.29, 0.717) is 5.56 Å². The second-order valence-electron chi connectivity index (χ2n) is 5.15. The molecule has 0 aromatic heterocycles. The van der Waals surface area contributed by atoms with Gasteiger partial charge in [0, 0.05) is 18.2 Å². The fraction of sp³-hybridized carbons (Fsp3) is 0.500. The van der Waals surface area contributed by atoms with Crippen molar-refractivity contribution in [3.05, 3.63) is 35.4 Å². The summed E-state index contributed by atoms with van der Waals surface area (Å²) < 4.78 is 27.0. The third kappa shape index (κ3) is 3.45. The summed E-state index contributed by atoms with van der Waals surface area (Å²) in [5.74, 6) is -1.60. The molecule has 1 aliphatic carbocycles. The molecule has 1 aromatic carbocycles. The minimum absolute atomic E-state index is 0.0775. The van der Waals surface area contributed by atoms with Crippen molar-refractivity contribution in [1.29, 1.82) is 0 Å². The Balaban J connectivity index is 2.16. The van der Waals surface area contributed by atoms with Crippen LogP contribution in [0.4, 0.5) is 8.78 Å². The van der Waals surface area contributed by atoms with Gasteiger partial charge in [0.25, 0.3) is 0 Å². The number of oxime groups is 1. The Hall–Kier alpha value is -1.69. The minimum atomic E-state index is -0.849. The highest BCUT2D eigenvalue weighted by molar-refractivity contribution is 5.81. The minimum Gasteiger partial charge on any atom is -0.409 e. The first-order valence-electron chi connectivity index (χ1n) is 6.75. The lowest BCUT2D eigenvalue weighted by atomic mass is 10.1. The summed E-state index contributed by atoms with van der Waals surface area (Å²) in [6.07, 6.45) is 4.22. The molecule has 0 radical (unpaired) electrons. The predicted molar refractivity (Wildman–Crippen MR) is 72.4 cm³/mol. The molecule has 4 nitrogen and oxygen atoms in total. The van der Waals surface area contributed by atoms with Crippen LogP contribution in [-0.4, -0.2) is 28.5 Å². The van der Waals surface area contributed by atoms with Crippen LogP contribution in [0.1, 0.15) is 31.2 Å². The Kier molecular flexibility index (Phi) is 4.89. The van der Waals surface area contributed by atoms with E-state index in [1.807, 2.05) is 4.90 Å². The third-order valence-corrected chi connectivity index (χ3v) is 3.74. The Morgan fingerprint density at radius 1 is 1.35 bits per heavy atom. The zero-order valence-electron chi connectivity index (χ0n) is 11.2. The maximum atomic E-state index is 13.8. The molecule has 1 fully saturated rings. The van der Waals surface area contributed by atoms with E-state index in [0.717, 1.165) is 31.7 Å². The van der Waals surface area contributed by atoms with E-state index in [4.69, 9.17) is 10.9 Å². The van der Waals surface area contributed by atoms with E-state index in [-0.39, 0.29) is 25.0 Å². The average molecular weight is 283 g/mol. The Morgan fingerprint density at radius 2 is 2.05 bits per heavy atom. The molecule has 2 rings (SSSR count). The SMILES string of the molecule is NC(CN(Cc1cccc(F)c1F)C1CCCC1)=NO. The first-order valence-corrected chi connectivity index (χ1v) is 6.75. The van der Waals surface area contributed by atoms with Crippen LogP contribution in [0.5, 0.6) is 0 Å². The maximum Gasteiger partial charge on any atom is 0.163 e. The molecular weight excluding hydrogens is 264 g/mol. The van der Waals surface area contributed by atoms with Gasteiger partial charge in [0.1, 0.15) is 0 Å². The largest absolute Gasteiger partial charge is 0.409 e. The summed E-state index contributed by atoms with van der Waals surface area (Å²) in [7, 11) is 0. The van der Waals surface area contributed by atoms with Crippen LogP contribution in [0.3, 0.4) is 0 Å². The number of rotatable bonds is 5. The standard InChI is InChI=1S/C14H19F2N3O/c15-12-7-3-4-10(14(12)16)8-19(9-13(17)18-20)11-5-1-2-6-11/h3-4,7,11,20H,1-2,5-6,8-9H2,(H2,17,18). The van der Waals surface area contributed by atoms with Gasteiger partial charge in [-0.25, -0.2) is 8.78 Å². The highest BCUT2D eigenvalue weighted by Crippen LogP contribution is 2.25. The van der Waals surface area contributed by atoms with Crippen molar-refractivity contribution in [3.8, 4) is 0 Å². The fourth-order valence-electron chi connectivity index (χ4n) is 2.71. The van der Waals surface area contributed by atoms with E-state index in [9.17, 15) is 8.78 Å². The van der Waals surface area contributed by atoms with Gasteiger partial charge >= 0.3 is 0 Å².